The molecular formula is C36H29N5O6. The van der Waals surface area contributed by atoms with Gasteiger partial charge in [0.05, 0.1) is 43.3 Å². The summed E-state index contributed by atoms with van der Waals surface area (Å²) in [5.41, 5.74) is 6.32. The Morgan fingerprint density at radius 3 is 2.79 bits per heavy atom. The number of fused-ring (bicyclic) bond motifs is 7. The lowest BCUT2D eigenvalue weighted by atomic mass is 10.0. The molecule has 7 rings (SSSR count). The van der Waals surface area contributed by atoms with Crippen LogP contribution in [0.25, 0.3) is 27.1 Å². The topological polar surface area (TPSA) is 126 Å². The van der Waals surface area contributed by atoms with Crippen LogP contribution in [0.15, 0.2) is 83.6 Å². The number of benzene rings is 3. The highest BCUT2D eigenvalue weighted by Gasteiger charge is 2.21. The summed E-state index contributed by atoms with van der Waals surface area (Å²) >= 11 is 0. The van der Waals surface area contributed by atoms with Crippen molar-refractivity contribution < 1.29 is 28.5 Å². The largest absolute Gasteiger partial charge is 0.494 e. The first-order chi connectivity index (χ1) is 23.0. The normalized spacial score (nSPS) is 12.7. The number of ether oxygens (including phenoxy) is 3. The maximum absolute atomic E-state index is 12.0. The average Bonchev–Trinajstić information content (AvgIpc) is 3.74. The molecule has 4 bridgehead atoms. The number of carboxylic acid groups (broad SMARTS) is 1. The zero-order valence-electron chi connectivity index (χ0n) is 25.5. The van der Waals surface area contributed by atoms with Gasteiger partial charge in [-0.2, -0.15) is 0 Å². The molecule has 0 aliphatic carbocycles. The van der Waals surface area contributed by atoms with E-state index in [1.807, 2.05) is 59.2 Å². The second-order valence-electron chi connectivity index (χ2n) is 11.1. The molecule has 1 N–H and O–H groups in total. The Kier molecular flexibility index (Phi) is 7.98. The fourth-order valence-electron chi connectivity index (χ4n) is 5.77. The molecule has 0 unspecified atom stereocenters. The first-order valence-electron chi connectivity index (χ1n) is 15.0. The van der Waals surface area contributed by atoms with Gasteiger partial charge >= 0.3 is 5.97 Å². The van der Waals surface area contributed by atoms with Crippen molar-refractivity contribution in [3.05, 3.63) is 125 Å². The van der Waals surface area contributed by atoms with Crippen LogP contribution in [0.4, 0.5) is 5.69 Å². The van der Waals surface area contributed by atoms with Crippen LogP contribution in [0, 0.1) is 6.57 Å². The maximum atomic E-state index is 12.0. The van der Waals surface area contributed by atoms with Crippen molar-refractivity contribution in [3.8, 4) is 28.6 Å². The van der Waals surface area contributed by atoms with E-state index in [2.05, 4.69) is 9.83 Å². The molecule has 3 aromatic carbocycles. The Morgan fingerprint density at radius 2 is 1.98 bits per heavy atom. The van der Waals surface area contributed by atoms with Crippen LogP contribution in [-0.2, 0) is 26.0 Å². The van der Waals surface area contributed by atoms with Crippen LogP contribution in [0.1, 0.15) is 45.2 Å². The van der Waals surface area contributed by atoms with E-state index < -0.39 is 5.97 Å². The molecule has 234 valence electrons. The van der Waals surface area contributed by atoms with Gasteiger partial charge < -0.3 is 28.3 Å². The molecule has 11 nitrogen and oxygen atoms in total. The number of aromatic carboxylic acids is 1. The lowest BCUT2D eigenvalue weighted by Crippen LogP contribution is -2.09. The first-order valence-corrected chi connectivity index (χ1v) is 15.0. The minimum absolute atomic E-state index is 0.0831. The number of hydrogen-bond donors (Lipinski definition) is 1. The van der Waals surface area contributed by atoms with Crippen molar-refractivity contribution in [1.29, 1.82) is 0 Å². The van der Waals surface area contributed by atoms with Gasteiger partial charge in [-0.15, -0.1) is 0 Å². The van der Waals surface area contributed by atoms with Crippen LogP contribution >= 0.6 is 0 Å². The van der Waals surface area contributed by atoms with E-state index in [1.165, 1.54) is 19.4 Å². The van der Waals surface area contributed by atoms with Crippen LogP contribution in [-0.4, -0.2) is 44.3 Å². The summed E-state index contributed by atoms with van der Waals surface area (Å²) in [5.74, 6) is 1.57. The smallest absolute Gasteiger partial charge is 0.335 e. The van der Waals surface area contributed by atoms with E-state index in [0.29, 0.717) is 71.9 Å². The lowest BCUT2D eigenvalue weighted by Gasteiger charge is -2.16. The molecule has 0 saturated heterocycles. The summed E-state index contributed by atoms with van der Waals surface area (Å²) in [6.45, 7) is 8.49. The van der Waals surface area contributed by atoms with Crippen molar-refractivity contribution >= 4 is 22.7 Å². The number of hydrogen-bond acceptors (Lipinski definition) is 8. The predicted molar refractivity (Wildman–Crippen MR) is 172 cm³/mol. The summed E-state index contributed by atoms with van der Waals surface area (Å²) in [6.07, 6.45) is 4.86. The van der Waals surface area contributed by atoms with E-state index in [0.717, 1.165) is 34.4 Å². The summed E-state index contributed by atoms with van der Waals surface area (Å²) in [5, 5.41) is 9.79. The molecule has 11 heteroatoms. The molecule has 0 radical (unpaired) electrons. The molecule has 0 amide bonds. The number of pyridine rings is 1. The maximum Gasteiger partial charge on any atom is 0.335 e. The van der Waals surface area contributed by atoms with Gasteiger partial charge in [0, 0.05) is 23.6 Å². The zero-order chi connectivity index (χ0) is 32.3. The van der Waals surface area contributed by atoms with Gasteiger partial charge in [-0.25, -0.2) is 24.6 Å². The minimum atomic E-state index is -1.07. The van der Waals surface area contributed by atoms with Gasteiger partial charge in [-0.3, -0.25) is 0 Å². The van der Waals surface area contributed by atoms with Crippen molar-refractivity contribution in [2.45, 2.75) is 32.4 Å². The Bertz CT molecular complexity index is 2150. The number of aromatic nitrogens is 4. The molecule has 0 saturated carbocycles. The highest BCUT2D eigenvalue weighted by atomic mass is 16.5. The lowest BCUT2D eigenvalue weighted by molar-refractivity contribution is 0.0696. The summed E-state index contributed by atoms with van der Waals surface area (Å²) in [7, 11) is 1.49. The molecule has 1 aliphatic heterocycles. The molecular weight excluding hydrogens is 598 g/mol. The minimum Gasteiger partial charge on any atom is -0.494 e. The van der Waals surface area contributed by atoms with E-state index in [1.54, 1.807) is 12.3 Å². The standard InChI is InChI=1S/C36H29N5O6/c1-37-27-11-10-25-21-47-33-7-3-6-28(39-33)23-8-9-24(30(17-23)45-13-4-5-22(25)15-27)19-32-40-35-29(41(32)20-34-38-12-14-46-34)16-26(36(42)43)18-31(35)44-2/h3,6-12,14-18H,4-5,13,19-21H2,2H3,(H,42,43). The molecule has 0 atom stereocenters. The Hall–Kier alpha value is -6.15. The van der Waals surface area contributed by atoms with E-state index >= 15 is 0 Å². The van der Waals surface area contributed by atoms with Crippen LogP contribution in [0.3, 0.4) is 0 Å². The van der Waals surface area contributed by atoms with Gasteiger partial charge in [0.25, 0.3) is 0 Å². The van der Waals surface area contributed by atoms with Crippen molar-refractivity contribution in [2.75, 3.05) is 13.7 Å². The van der Waals surface area contributed by atoms with E-state index in [4.69, 9.17) is 35.2 Å². The number of carboxylic acids is 1. The third kappa shape index (κ3) is 6.09. The highest BCUT2D eigenvalue weighted by molar-refractivity contribution is 5.95. The van der Waals surface area contributed by atoms with Crippen molar-refractivity contribution in [3.63, 3.8) is 0 Å². The molecule has 6 aromatic rings. The molecule has 0 spiro atoms. The van der Waals surface area contributed by atoms with E-state index in [9.17, 15) is 9.90 Å². The fourth-order valence-corrected chi connectivity index (χ4v) is 5.77. The van der Waals surface area contributed by atoms with Crippen LogP contribution in [0.2, 0.25) is 0 Å². The SMILES string of the molecule is [C-]#[N+]c1ccc2c(c1)CCCOc1cc(ccc1Cc1nc3c(OC)cc(C(=O)O)cc3n1Cc1ncco1)-c1cccc(n1)OC2. The van der Waals surface area contributed by atoms with Crippen LogP contribution in [0.5, 0.6) is 17.4 Å². The Morgan fingerprint density at radius 1 is 1.06 bits per heavy atom. The second kappa shape index (κ2) is 12.7. The molecule has 3 aromatic heterocycles. The highest BCUT2D eigenvalue weighted by Crippen LogP contribution is 2.33. The first kappa shape index (κ1) is 29.6. The van der Waals surface area contributed by atoms with E-state index in [-0.39, 0.29) is 12.1 Å². The second-order valence-corrected chi connectivity index (χ2v) is 11.1. The number of nitrogens with zero attached hydrogens (tertiary/aromatic N) is 5. The van der Waals surface area contributed by atoms with Gasteiger partial charge in [0.2, 0.25) is 11.8 Å². The molecule has 47 heavy (non-hydrogen) atoms. The zero-order valence-corrected chi connectivity index (χ0v) is 25.5. The number of methoxy groups -OCH3 is 1. The number of imidazole rings is 1. The molecule has 1 aliphatic rings. The molecule has 4 heterocycles. The predicted octanol–water partition coefficient (Wildman–Crippen LogP) is 6.89. The monoisotopic (exact) mass is 627 g/mol. The van der Waals surface area contributed by atoms with Gasteiger partial charge in [-0.05, 0) is 42.7 Å². The average molecular weight is 628 g/mol. The fraction of sp³-hybridized carbons (Fsp3) is 0.194. The Balaban J connectivity index is 1.29. The van der Waals surface area contributed by atoms with Crippen molar-refractivity contribution in [1.82, 2.24) is 19.5 Å². The van der Waals surface area contributed by atoms with Gasteiger partial charge in [-0.1, -0.05) is 42.0 Å². The quantitative estimate of drug-likeness (QED) is 0.197. The van der Waals surface area contributed by atoms with Gasteiger partial charge in [0.15, 0.2) is 5.69 Å². The summed E-state index contributed by atoms with van der Waals surface area (Å²) in [4.78, 5) is 29.6. The van der Waals surface area contributed by atoms with Gasteiger partial charge in [0.1, 0.15) is 42.3 Å². The number of aryl methyl sites for hydroxylation is 1. The summed E-state index contributed by atoms with van der Waals surface area (Å²) < 4.78 is 25.6. The van der Waals surface area contributed by atoms with Crippen molar-refractivity contribution in [2.24, 2.45) is 0 Å². The summed E-state index contributed by atoms with van der Waals surface area (Å²) in [6, 6.07) is 20.3. The molecule has 0 fully saturated rings. The third-order valence-electron chi connectivity index (χ3n) is 8.12. The Labute approximate surface area is 269 Å². The van der Waals surface area contributed by atoms with Crippen LogP contribution < -0.4 is 14.2 Å². The number of carbonyl (C=O) groups is 1. The number of rotatable bonds is 6. The third-order valence-corrected chi connectivity index (χ3v) is 8.12. The number of oxazole rings is 1.